The lowest BCUT2D eigenvalue weighted by Crippen LogP contribution is -2.33. The average Bonchev–Trinajstić information content (AvgIpc) is 3.08. The van der Waals surface area contributed by atoms with Crippen LogP contribution in [0.25, 0.3) is 6.08 Å². The molecule has 1 aliphatic rings. The molecule has 3 rings (SSSR count). The fourth-order valence-corrected chi connectivity index (χ4v) is 4.37. The summed E-state index contributed by atoms with van der Waals surface area (Å²) in [4.78, 5) is 49.1. The molecule has 30 heavy (non-hydrogen) atoms. The Hall–Kier alpha value is -3.53. The number of thiophene rings is 1. The van der Waals surface area contributed by atoms with Crippen LogP contribution >= 0.6 is 11.3 Å². The smallest absolute Gasteiger partial charge is 0.341 e. The van der Waals surface area contributed by atoms with E-state index < -0.39 is 16.8 Å². The molecule has 1 N–H and O–H groups in total. The van der Waals surface area contributed by atoms with E-state index in [1.807, 2.05) is 0 Å². The van der Waals surface area contributed by atoms with Gasteiger partial charge in [0.05, 0.1) is 24.1 Å². The predicted octanol–water partition coefficient (Wildman–Crippen LogP) is 3.00. The lowest BCUT2D eigenvalue weighted by Gasteiger charge is -2.25. The van der Waals surface area contributed by atoms with Gasteiger partial charge >= 0.3 is 5.97 Å². The van der Waals surface area contributed by atoms with E-state index in [1.54, 1.807) is 4.90 Å². The molecule has 9 nitrogen and oxygen atoms in total. The highest BCUT2D eigenvalue weighted by atomic mass is 32.1. The first-order valence-corrected chi connectivity index (χ1v) is 9.83. The molecule has 0 bridgehead atoms. The first-order chi connectivity index (χ1) is 14.3. The molecule has 2 heterocycles. The van der Waals surface area contributed by atoms with E-state index in [4.69, 9.17) is 4.74 Å². The van der Waals surface area contributed by atoms with Crippen LogP contribution in [0.3, 0.4) is 0 Å². The highest BCUT2D eigenvalue weighted by Gasteiger charge is 2.29. The Morgan fingerprint density at radius 1 is 1.27 bits per heavy atom. The zero-order valence-corrected chi connectivity index (χ0v) is 17.2. The second-order valence-corrected chi connectivity index (χ2v) is 7.67. The minimum absolute atomic E-state index is 0.0388. The molecule has 1 aliphatic heterocycles. The van der Waals surface area contributed by atoms with E-state index >= 15 is 0 Å². The van der Waals surface area contributed by atoms with Crippen LogP contribution in [0.2, 0.25) is 0 Å². The van der Waals surface area contributed by atoms with Crippen LogP contribution in [0.1, 0.15) is 33.3 Å². The number of carbonyl (C=O) groups excluding carboxylic acids is 3. The Balaban J connectivity index is 1.79. The first-order valence-electron chi connectivity index (χ1n) is 9.02. The molecule has 156 valence electrons. The average molecular weight is 429 g/mol. The van der Waals surface area contributed by atoms with Gasteiger partial charge < -0.3 is 15.0 Å². The van der Waals surface area contributed by atoms with Crippen molar-refractivity contribution in [2.75, 3.05) is 19.0 Å². The molecule has 10 heteroatoms. The maximum Gasteiger partial charge on any atom is 0.341 e. The van der Waals surface area contributed by atoms with Gasteiger partial charge in [0, 0.05) is 36.6 Å². The summed E-state index contributed by atoms with van der Waals surface area (Å²) in [6.07, 6.45) is 3.30. The van der Waals surface area contributed by atoms with Crippen LogP contribution in [0.15, 0.2) is 30.3 Å². The third kappa shape index (κ3) is 4.54. The molecular weight excluding hydrogens is 410 g/mol. The van der Waals surface area contributed by atoms with Crippen LogP contribution in [0, 0.1) is 10.1 Å². The van der Waals surface area contributed by atoms with Crippen molar-refractivity contribution < 1.29 is 24.0 Å². The number of anilines is 1. The van der Waals surface area contributed by atoms with E-state index in [1.165, 1.54) is 61.8 Å². The first kappa shape index (κ1) is 21.2. The number of benzene rings is 1. The van der Waals surface area contributed by atoms with E-state index in [0.717, 1.165) is 10.4 Å². The number of hydrogen-bond donors (Lipinski definition) is 1. The van der Waals surface area contributed by atoms with E-state index in [-0.39, 0.29) is 11.6 Å². The van der Waals surface area contributed by atoms with E-state index in [9.17, 15) is 24.5 Å². The van der Waals surface area contributed by atoms with Crippen molar-refractivity contribution >= 4 is 45.9 Å². The number of carbonyl (C=O) groups is 3. The number of esters is 1. The zero-order valence-electron chi connectivity index (χ0n) is 16.3. The Morgan fingerprint density at radius 3 is 2.57 bits per heavy atom. The third-order valence-electron chi connectivity index (χ3n) is 4.66. The van der Waals surface area contributed by atoms with Crippen molar-refractivity contribution in [1.82, 2.24) is 4.90 Å². The van der Waals surface area contributed by atoms with Gasteiger partial charge in [-0.05, 0) is 35.8 Å². The number of rotatable bonds is 5. The van der Waals surface area contributed by atoms with Crippen LogP contribution in [-0.2, 0) is 27.3 Å². The molecule has 0 radical (unpaired) electrons. The van der Waals surface area contributed by atoms with Gasteiger partial charge in [-0.15, -0.1) is 11.3 Å². The fourth-order valence-electron chi connectivity index (χ4n) is 3.11. The highest BCUT2D eigenvalue weighted by Crippen LogP contribution is 2.37. The van der Waals surface area contributed by atoms with Crippen LogP contribution in [-0.4, -0.2) is 41.3 Å². The molecule has 0 unspecified atom stereocenters. The van der Waals surface area contributed by atoms with Gasteiger partial charge in [0.25, 0.3) is 5.69 Å². The number of methoxy groups -OCH3 is 1. The number of ether oxygens (including phenoxy) is 1. The minimum Gasteiger partial charge on any atom is -0.465 e. The minimum atomic E-state index is -0.543. The standard InChI is InChI=1S/C20H19N3O6S/c1-12(24)22-10-9-15-16(11-22)30-19(18(15)20(26)29-2)21-17(25)8-5-13-3-6-14(7-4-13)23(27)28/h3-8H,9-11H2,1-2H3,(H,21,25). The molecular formula is C20H19N3O6S. The van der Waals surface area contributed by atoms with E-state index in [0.29, 0.717) is 35.6 Å². The molecule has 1 aromatic carbocycles. The van der Waals surface area contributed by atoms with Crippen molar-refractivity contribution in [3.8, 4) is 0 Å². The molecule has 0 fully saturated rings. The molecule has 0 spiro atoms. The molecule has 0 atom stereocenters. The number of hydrogen-bond acceptors (Lipinski definition) is 7. The summed E-state index contributed by atoms with van der Waals surface area (Å²) in [5.41, 5.74) is 1.69. The summed E-state index contributed by atoms with van der Waals surface area (Å²) in [5.74, 6) is -1.05. The lowest BCUT2D eigenvalue weighted by molar-refractivity contribution is -0.384. The molecule has 0 saturated carbocycles. The quantitative estimate of drug-likeness (QED) is 0.338. The van der Waals surface area contributed by atoms with Gasteiger partial charge in [0.15, 0.2) is 0 Å². The summed E-state index contributed by atoms with van der Waals surface area (Å²) in [6.45, 7) is 2.37. The Kier molecular flexibility index (Phi) is 6.26. The third-order valence-corrected chi connectivity index (χ3v) is 5.79. The normalized spacial score (nSPS) is 13.1. The van der Waals surface area contributed by atoms with Gasteiger partial charge in [-0.2, -0.15) is 0 Å². The van der Waals surface area contributed by atoms with Crippen molar-refractivity contribution in [2.24, 2.45) is 0 Å². The number of nitro groups is 1. The van der Waals surface area contributed by atoms with Crippen molar-refractivity contribution in [3.63, 3.8) is 0 Å². The van der Waals surface area contributed by atoms with Crippen molar-refractivity contribution in [2.45, 2.75) is 19.9 Å². The van der Waals surface area contributed by atoms with Crippen LogP contribution in [0.4, 0.5) is 10.7 Å². The maximum absolute atomic E-state index is 12.4. The Bertz CT molecular complexity index is 1040. The Labute approximate surface area is 176 Å². The number of nitro benzene ring substituents is 1. The fraction of sp³-hybridized carbons (Fsp3) is 0.250. The number of fused-ring (bicyclic) bond motifs is 1. The molecule has 2 aromatic rings. The van der Waals surface area contributed by atoms with Crippen LogP contribution < -0.4 is 5.32 Å². The maximum atomic E-state index is 12.4. The summed E-state index contributed by atoms with van der Waals surface area (Å²) in [5, 5.41) is 13.8. The second-order valence-electron chi connectivity index (χ2n) is 6.56. The van der Waals surface area contributed by atoms with Gasteiger partial charge in [0.1, 0.15) is 5.00 Å². The molecule has 0 aliphatic carbocycles. The molecule has 1 aromatic heterocycles. The summed E-state index contributed by atoms with van der Waals surface area (Å²) < 4.78 is 4.88. The summed E-state index contributed by atoms with van der Waals surface area (Å²) >= 11 is 1.25. The molecule has 2 amide bonds. The van der Waals surface area contributed by atoms with Gasteiger partial charge in [-0.3, -0.25) is 19.7 Å². The highest BCUT2D eigenvalue weighted by molar-refractivity contribution is 7.17. The van der Waals surface area contributed by atoms with Crippen molar-refractivity contribution in [1.29, 1.82) is 0 Å². The Morgan fingerprint density at radius 2 is 1.97 bits per heavy atom. The molecule has 0 saturated heterocycles. The lowest BCUT2D eigenvalue weighted by atomic mass is 10.0. The number of non-ortho nitro benzene ring substituents is 1. The predicted molar refractivity (Wildman–Crippen MR) is 111 cm³/mol. The van der Waals surface area contributed by atoms with Gasteiger partial charge in [-0.25, -0.2) is 4.79 Å². The summed E-state index contributed by atoms with van der Waals surface area (Å²) in [6, 6.07) is 5.76. The van der Waals surface area contributed by atoms with E-state index in [2.05, 4.69) is 5.32 Å². The largest absolute Gasteiger partial charge is 0.465 e. The number of amides is 2. The van der Waals surface area contributed by atoms with Crippen LogP contribution in [0.5, 0.6) is 0 Å². The zero-order chi connectivity index (χ0) is 21.8. The monoisotopic (exact) mass is 429 g/mol. The van der Waals surface area contributed by atoms with Crippen molar-refractivity contribution in [3.05, 3.63) is 62.0 Å². The topological polar surface area (TPSA) is 119 Å². The summed E-state index contributed by atoms with van der Waals surface area (Å²) in [7, 11) is 1.27. The van der Waals surface area contributed by atoms with Gasteiger partial charge in [0.2, 0.25) is 11.8 Å². The van der Waals surface area contributed by atoms with Gasteiger partial charge in [-0.1, -0.05) is 0 Å². The SMILES string of the molecule is COC(=O)c1c(NC(=O)C=Cc2ccc([N+](=O)[O-])cc2)sc2c1CCN(C(C)=O)C2. The second kappa shape index (κ2) is 8.87. The number of nitrogens with zero attached hydrogens (tertiary/aromatic N) is 2. The number of nitrogens with one attached hydrogen (secondary N) is 1.